The SMILES string of the molecule is CCn1cc(OC(CNC2CC2)C(C)C)cn1. The highest BCUT2D eigenvalue weighted by atomic mass is 16.5. The highest BCUT2D eigenvalue weighted by Crippen LogP contribution is 2.20. The predicted molar refractivity (Wildman–Crippen MR) is 68.2 cm³/mol. The lowest BCUT2D eigenvalue weighted by atomic mass is 10.1. The minimum atomic E-state index is 0.227. The number of aromatic nitrogens is 2. The summed E-state index contributed by atoms with van der Waals surface area (Å²) in [5, 5.41) is 7.75. The number of rotatable bonds is 7. The van der Waals surface area contributed by atoms with E-state index in [9.17, 15) is 0 Å². The Morgan fingerprint density at radius 3 is 2.82 bits per heavy atom. The van der Waals surface area contributed by atoms with Crippen molar-refractivity contribution in [2.45, 2.75) is 52.3 Å². The molecule has 1 N–H and O–H groups in total. The highest BCUT2D eigenvalue weighted by Gasteiger charge is 2.24. The van der Waals surface area contributed by atoms with Crippen LogP contribution in [0.25, 0.3) is 0 Å². The lowest BCUT2D eigenvalue weighted by Crippen LogP contribution is -2.36. The van der Waals surface area contributed by atoms with Crippen molar-refractivity contribution in [2.75, 3.05) is 6.54 Å². The molecule has 4 nitrogen and oxygen atoms in total. The summed E-state index contributed by atoms with van der Waals surface area (Å²) in [5.41, 5.74) is 0. The van der Waals surface area contributed by atoms with Gasteiger partial charge >= 0.3 is 0 Å². The number of nitrogens with zero attached hydrogens (tertiary/aromatic N) is 2. The second-order valence-corrected chi connectivity index (χ2v) is 5.11. The minimum absolute atomic E-state index is 0.227. The largest absolute Gasteiger partial charge is 0.486 e. The summed E-state index contributed by atoms with van der Waals surface area (Å²) in [6.45, 7) is 8.29. The van der Waals surface area contributed by atoms with Crippen LogP contribution in [0, 0.1) is 5.92 Å². The van der Waals surface area contributed by atoms with Crippen molar-refractivity contribution in [3.8, 4) is 5.75 Å². The number of hydrogen-bond acceptors (Lipinski definition) is 3. The first-order valence-electron chi connectivity index (χ1n) is 6.61. The summed E-state index contributed by atoms with van der Waals surface area (Å²) in [7, 11) is 0. The van der Waals surface area contributed by atoms with Crippen LogP contribution in [0.2, 0.25) is 0 Å². The summed E-state index contributed by atoms with van der Waals surface area (Å²) in [4.78, 5) is 0. The van der Waals surface area contributed by atoms with Gasteiger partial charge in [-0.1, -0.05) is 13.8 Å². The van der Waals surface area contributed by atoms with Gasteiger partial charge in [-0.3, -0.25) is 4.68 Å². The molecule has 17 heavy (non-hydrogen) atoms. The fraction of sp³-hybridized carbons (Fsp3) is 0.769. The van der Waals surface area contributed by atoms with E-state index in [-0.39, 0.29) is 6.10 Å². The average molecular weight is 237 g/mol. The van der Waals surface area contributed by atoms with Crippen LogP contribution in [0.5, 0.6) is 5.75 Å². The fourth-order valence-electron chi connectivity index (χ4n) is 1.74. The molecule has 0 radical (unpaired) electrons. The Morgan fingerprint density at radius 1 is 1.53 bits per heavy atom. The Bertz CT molecular complexity index is 344. The Labute approximate surface area is 103 Å². The molecule has 1 aliphatic carbocycles. The van der Waals surface area contributed by atoms with E-state index in [0.717, 1.165) is 24.9 Å². The smallest absolute Gasteiger partial charge is 0.157 e. The van der Waals surface area contributed by atoms with E-state index < -0.39 is 0 Å². The van der Waals surface area contributed by atoms with Crippen LogP contribution in [0.1, 0.15) is 33.6 Å². The maximum atomic E-state index is 5.99. The van der Waals surface area contributed by atoms with Crippen LogP contribution < -0.4 is 10.1 Å². The zero-order chi connectivity index (χ0) is 12.3. The van der Waals surface area contributed by atoms with E-state index in [1.807, 2.05) is 10.9 Å². The highest BCUT2D eigenvalue weighted by molar-refractivity contribution is 5.12. The van der Waals surface area contributed by atoms with Gasteiger partial charge in [0.2, 0.25) is 0 Å². The molecule has 0 amide bonds. The van der Waals surface area contributed by atoms with Crippen molar-refractivity contribution in [1.29, 1.82) is 0 Å². The van der Waals surface area contributed by atoms with Gasteiger partial charge in [0.05, 0.1) is 12.4 Å². The molecular formula is C13H23N3O. The molecular weight excluding hydrogens is 214 g/mol. The minimum Gasteiger partial charge on any atom is -0.486 e. The Hall–Kier alpha value is -1.03. The van der Waals surface area contributed by atoms with Crippen molar-refractivity contribution in [3.63, 3.8) is 0 Å². The Morgan fingerprint density at radius 2 is 2.29 bits per heavy atom. The van der Waals surface area contributed by atoms with Gasteiger partial charge < -0.3 is 10.1 Å². The summed E-state index contributed by atoms with van der Waals surface area (Å²) >= 11 is 0. The molecule has 1 aromatic heterocycles. The van der Waals surface area contributed by atoms with E-state index in [0.29, 0.717) is 5.92 Å². The molecule has 4 heteroatoms. The molecule has 1 heterocycles. The first-order valence-corrected chi connectivity index (χ1v) is 6.61. The maximum Gasteiger partial charge on any atom is 0.157 e. The number of aryl methyl sites for hydroxylation is 1. The Balaban J connectivity index is 1.86. The van der Waals surface area contributed by atoms with Crippen LogP contribution >= 0.6 is 0 Å². The quantitative estimate of drug-likeness (QED) is 0.789. The van der Waals surface area contributed by atoms with Gasteiger partial charge in [0, 0.05) is 19.1 Å². The molecule has 1 aliphatic rings. The molecule has 0 saturated heterocycles. The van der Waals surface area contributed by atoms with Crippen molar-refractivity contribution in [1.82, 2.24) is 15.1 Å². The molecule has 0 aromatic carbocycles. The van der Waals surface area contributed by atoms with E-state index in [1.165, 1.54) is 12.8 Å². The number of hydrogen-bond donors (Lipinski definition) is 1. The topological polar surface area (TPSA) is 39.1 Å². The van der Waals surface area contributed by atoms with Gasteiger partial charge in [-0.05, 0) is 25.7 Å². The third-order valence-electron chi connectivity index (χ3n) is 3.15. The van der Waals surface area contributed by atoms with Gasteiger partial charge in [0.25, 0.3) is 0 Å². The van der Waals surface area contributed by atoms with Gasteiger partial charge in [-0.2, -0.15) is 5.10 Å². The van der Waals surface area contributed by atoms with Crippen LogP contribution in [-0.2, 0) is 6.54 Å². The second kappa shape index (κ2) is 5.54. The lowest BCUT2D eigenvalue weighted by molar-refractivity contribution is 0.148. The van der Waals surface area contributed by atoms with E-state index >= 15 is 0 Å². The van der Waals surface area contributed by atoms with Crippen LogP contribution in [0.3, 0.4) is 0 Å². The molecule has 1 saturated carbocycles. The number of nitrogens with one attached hydrogen (secondary N) is 1. The third kappa shape index (κ3) is 3.73. The average Bonchev–Trinajstić information content (AvgIpc) is 3.02. The van der Waals surface area contributed by atoms with Crippen molar-refractivity contribution in [2.24, 2.45) is 5.92 Å². The predicted octanol–water partition coefficient (Wildman–Crippen LogP) is 2.06. The maximum absolute atomic E-state index is 5.99. The molecule has 2 rings (SSSR count). The summed E-state index contributed by atoms with van der Waals surface area (Å²) in [5.74, 6) is 1.38. The molecule has 1 unspecified atom stereocenters. The monoisotopic (exact) mass is 237 g/mol. The van der Waals surface area contributed by atoms with E-state index in [2.05, 4.69) is 31.2 Å². The molecule has 1 aromatic rings. The fourth-order valence-corrected chi connectivity index (χ4v) is 1.74. The van der Waals surface area contributed by atoms with Gasteiger partial charge in [0.15, 0.2) is 5.75 Å². The zero-order valence-corrected chi connectivity index (χ0v) is 11.0. The van der Waals surface area contributed by atoms with Gasteiger partial charge in [-0.15, -0.1) is 0 Å². The summed E-state index contributed by atoms with van der Waals surface area (Å²) in [6, 6.07) is 0.734. The van der Waals surface area contributed by atoms with Crippen molar-refractivity contribution in [3.05, 3.63) is 12.4 Å². The Kier molecular flexibility index (Phi) is 4.05. The lowest BCUT2D eigenvalue weighted by Gasteiger charge is -2.22. The summed E-state index contributed by atoms with van der Waals surface area (Å²) < 4.78 is 7.88. The molecule has 1 fully saturated rings. The van der Waals surface area contributed by atoms with E-state index in [1.54, 1.807) is 6.20 Å². The summed E-state index contributed by atoms with van der Waals surface area (Å²) in [6.07, 6.45) is 6.63. The van der Waals surface area contributed by atoms with Crippen molar-refractivity contribution < 1.29 is 4.74 Å². The standard InChI is InChI=1S/C13H23N3O/c1-4-16-9-12(7-15-16)17-13(10(2)3)8-14-11-5-6-11/h7,9-11,13-14H,4-6,8H2,1-3H3. The first-order chi connectivity index (χ1) is 8.19. The third-order valence-corrected chi connectivity index (χ3v) is 3.15. The van der Waals surface area contributed by atoms with Crippen LogP contribution in [-0.4, -0.2) is 28.5 Å². The zero-order valence-electron chi connectivity index (χ0n) is 11.0. The normalized spacial score (nSPS) is 17.4. The van der Waals surface area contributed by atoms with E-state index in [4.69, 9.17) is 4.74 Å². The van der Waals surface area contributed by atoms with Gasteiger partial charge in [-0.25, -0.2) is 0 Å². The molecule has 96 valence electrons. The molecule has 0 spiro atoms. The molecule has 0 aliphatic heterocycles. The molecule has 0 bridgehead atoms. The second-order valence-electron chi connectivity index (χ2n) is 5.11. The van der Waals surface area contributed by atoms with Crippen molar-refractivity contribution >= 4 is 0 Å². The van der Waals surface area contributed by atoms with Gasteiger partial charge in [0.1, 0.15) is 6.10 Å². The first kappa shape index (κ1) is 12.4. The van der Waals surface area contributed by atoms with Crippen LogP contribution in [0.15, 0.2) is 12.4 Å². The van der Waals surface area contributed by atoms with Crippen LogP contribution in [0.4, 0.5) is 0 Å². The number of ether oxygens (including phenoxy) is 1. The molecule has 1 atom stereocenters.